The van der Waals surface area contributed by atoms with Crippen LogP contribution >= 0.6 is 0 Å². The van der Waals surface area contributed by atoms with E-state index >= 15 is 0 Å². The van der Waals surface area contributed by atoms with Crippen molar-refractivity contribution in [2.24, 2.45) is 0 Å². The van der Waals surface area contributed by atoms with Gasteiger partial charge in [-0.2, -0.15) is 0 Å². The summed E-state index contributed by atoms with van der Waals surface area (Å²) >= 11 is 0. The van der Waals surface area contributed by atoms with E-state index in [4.69, 9.17) is 5.11 Å². The third kappa shape index (κ3) is 2.42. The molecule has 4 nitrogen and oxygen atoms in total. The highest BCUT2D eigenvalue weighted by molar-refractivity contribution is 6.05. The van der Waals surface area contributed by atoms with E-state index in [2.05, 4.69) is 10.3 Å². The maximum Gasteiger partial charge on any atom is 0.270 e. The lowest BCUT2D eigenvalue weighted by atomic mass is 10.1. The molecule has 1 heterocycles. The Morgan fingerprint density at radius 3 is 2.94 bits per heavy atom. The molecule has 4 heteroatoms. The normalized spacial score (nSPS) is 12.4. The zero-order chi connectivity index (χ0) is 12.3. The Morgan fingerprint density at radius 2 is 2.18 bits per heavy atom. The smallest absolute Gasteiger partial charge is 0.270 e. The highest BCUT2D eigenvalue weighted by atomic mass is 16.3. The van der Waals surface area contributed by atoms with Crippen molar-refractivity contribution in [3.8, 4) is 0 Å². The molecule has 1 aromatic heterocycles. The standard InChI is InChI=1S/C13H14N2O2/c1-9(8-16)15-13(17)12-11-5-3-2-4-10(11)6-7-14-12/h2-7,9,16H,8H2,1H3,(H,15,17). The molecule has 1 aromatic carbocycles. The van der Waals surface area contributed by atoms with Crippen molar-refractivity contribution >= 4 is 16.7 Å². The maximum atomic E-state index is 11.9. The molecule has 2 aromatic rings. The van der Waals surface area contributed by atoms with Crippen molar-refractivity contribution in [1.29, 1.82) is 0 Å². The molecule has 17 heavy (non-hydrogen) atoms. The van der Waals surface area contributed by atoms with Crippen LogP contribution in [-0.4, -0.2) is 28.6 Å². The zero-order valence-corrected chi connectivity index (χ0v) is 9.55. The predicted molar refractivity (Wildman–Crippen MR) is 65.8 cm³/mol. The number of carbonyl (C=O) groups is 1. The van der Waals surface area contributed by atoms with Gasteiger partial charge in [-0.15, -0.1) is 0 Å². The summed E-state index contributed by atoms with van der Waals surface area (Å²) in [6.45, 7) is 1.65. The van der Waals surface area contributed by atoms with Gasteiger partial charge in [0.2, 0.25) is 0 Å². The predicted octanol–water partition coefficient (Wildman–Crippen LogP) is 1.35. The Labute approximate surface area is 99.3 Å². The number of benzene rings is 1. The Balaban J connectivity index is 2.38. The van der Waals surface area contributed by atoms with Crippen molar-refractivity contribution < 1.29 is 9.90 Å². The van der Waals surface area contributed by atoms with Gasteiger partial charge < -0.3 is 10.4 Å². The van der Waals surface area contributed by atoms with E-state index in [9.17, 15) is 4.79 Å². The number of hydrogen-bond acceptors (Lipinski definition) is 3. The topological polar surface area (TPSA) is 62.2 Å². The highest BCUT2D eigenvalue weighted by Crippen LogP contribution is 2.16. The number of pyridine rings is 1. The number of carbonyl (C=O) groups excluding carboxylic acids is 1. The first-order chi connectivity index (χ1) is 8.22. The van der Waals surface area contributed by atoms with Gasteiger partial charge in [0, 0.05) is 17.6 Å². The second-order valence-electron chi connectivity index (χ2n) is 3.94. The summed E-state index contributed by atoms with van der Waals surface area (Å²) < 4.78 is 0. The van der Waals surface area contributed by atoms with Crippen LogP contribution in [-0.2, 0) is 0 Å². The Morgan fingerprint density at radius 1 is 1.41 bits per heavy atom. The number of fused-ring (bicyclic) bond motifs is 1. The molecular weight excluding hydrogens is 216 g/mol. The van der Waals surface area contributed by atoms with Crippen LogP contribution in [0.5, 0.6) is 0 Å². The van der Waals surface area contributed by atoms with Gasteiger partial charge in [0.05, 0.1) is 6.61 Å². The third-order valence-electron chi connectivity index (χ3n) is 2.54. The van der Waals surface area contributed by atoms with Crippen LogP contribution in [0.25, 0.3) is 10.8 Å². The molecule has 2 N–H and O–H groups in total. The fourth-order valence-corrected chi connectivity index (χ4v) is 1.64. The summed E-state index contributed by atoms with van der Waals surface area (Å²) in [7, 11) is 0. The molecule has 0 aliphatic heterocycles. The summed E-state index contributed by atoms with van der Waals surface area (Å²) in [5.41, 5.74) is 0.392. The number of nitrogens with one attached hydrogen (secondary N) is 1. The van der Waals surface area contributed by atoms with Crippen molar-refractivity contribution in [2.75, 3.05) is 6.61 Å². The van der Waals surface area contributed by atoms with Gasteiger partial charge >= 0.3 is 0 Å². The van der Waals surface area contributed by atoms with Crippen molar-refractivity contribution in [2.45, 2.75) is 13.0 Å². The first kappa shape index (κ1) is 11.5. The fourth-order valence-electron chi connectivity index (χ4n) is 1.64. The monoisotopic (exact) mass is 230 g/mol. The lowest BCUT2D eigenvalue weighted by Gasteiger charge is -2.11. The van der Waals surface area contributed by atoms with E-state index in [0.717, 1.165) is 10.8 Å². The molecule has 0 saturated heterocycles. The minimum atomic E-state index is -0.275. The molecule has 1 amide bonds. The Kier molecular flexibility index (Phi) is 3.35. The first-order valence-electron chi connectivity index (χ1n) is 5.48. The quantitative estimate of drug-likeness (QED) is 0.836. The van der Waals surface area contributed by atoms with Gasteiger partial charge in [0.1, 0.15) is 5.69 Å². The fraction of sp³-hybridized carbons (Fsp3) is 0.231. The van der Waals surface area contributed by atoms with E-state index in [-0.39, 0.29) is 18.6 Å². The molecular formula is C13H14N2O2. The third-order valence-corrected chi connectivity index (χ3v) is 2.54. The summed E-state index contributed by atoms with van der Waals surface area (Å²) in [6.07, 6.45) is 1.61. The van der Waals surface area contributed by atoms with Crippen LogP contribution < -0.4 is 5.32 Å². The molecule has 0 fully saturated rings. The van der Waals surface area contributed by atoms with Crippen molar-refractivity contribution in [3.05, 3.63) is 42.2 Å². The summed E-state index contributed by atoms with van der Waals surface area (Å²) in [5, 5.41) is 13.4. The van der Waals surface area contributed by atoms with E-state index in [1.807, 2.05) is 30.3 Å². The molecule has 0 aliphatic carbocycles. The molecule has 0 saturated carbocycles. The second kappa shape index (κ2) is 4.93. The summed E-state index contributed by atoms with van der Waals surface area (Å²) in [6, 6.07) is 9.17. The lowest BCUT2D eigenvalue weighted by Crippen LogP contribution is -2.35. The van der Waals surface area contributed by atoms with E-state index in [0.29, 0.717) is 5.69 Å². The van der Waals surface area contributed by atoms with Crippen LogP contribution in [0.2, 0.25) is 0 Å². The molecule has 0 aliphatic rings. The van der Waals surface area contributed by atoms with Crippen molar-refractivity contribution in [1.82, 2.24) is 10.3 Å². The molecule has 0 radical (unpaired) electrons. The van der Waals surface area contributed by atoms with Gasteiger partial charge in [0.25, 0.3) is 5.91 Å². The molecule has 0 bridgehead atoms. The average molecular weight is 230 g/mol. The second-order valence-corrected chi connectivity index (χ2v) is 3.94. The largest absolute Gasteiger partial charge is 0.394 e. The lowest BCUT2D eigenvalue weighted by molar-refractivity contribution is 0.0919. The minimum absolute atomic E-state index is 0.0868. The number of aliphatic hydroxyl groups excluding tert-OH is 1. The van der Waals surface area contributed by atoms with E-state index in [1.54, 1.807) is 13.1 Å². The number of aliphatic hydroxyl groups is 1. The molecule has 1 unspecified atom stereocenters. The number of amides is 1. The first-order valence-corrected chi connectivity index (χ1v) is 5.48. The van der Waals surface area contributed by atoms with Crippen LogP contribution in [0.3, 0.4) is 0 Å². The molecule has 0 spiro atoms. The van der Waals surface area contributed by atoms with Gasteiger partial charge in [-0.1, -0.05) is 24.3 Å². The number of hydrogen-bond donors (Lipinski definition) is 2. The van der Waals surface area contributed by atoms with Crippen LogP contribution in [0.15, 0.2) is 36.5 Å². The molecule has 1 atom stereocenters. The maximum absolute atomic E-state index is 11.9. The Bertz CT molecular complexity index is 534. The number of aromatic nitrogens is 1. The van der Waals surface area contributed by atoms with Crippen LogP contribution in [0.1, 0.15) is 17.4 Å². The van der Waals surface area contributed by atoms with Crippen molar-refractivity contribution in [3.63, 3.8) is 0 Å². The van der Waals surface area contributed by atoms with Gasteiger partial charge in [-0.05, 0) is 18.4 Å². The zero-order valence-electron chi connectivity index (χ0n) is 9.55. The number of nitrogens with zero attached hydrogens (tertiary/aromatic N) is 1. The van der Waals surface area contributed by atoms with E-state index < -0.39 is 0 Å². The SMILES string of the molecule is CC(CO)NC(=O)c1nccc2ccccc12. The molecule has 88 valence electrons. The summed E-state index contributed by atoms with van der Waals surface area (Å²) in [5.74, 6) is -0.261. The van der Waals surface area contributed by atoms with Gasteiger partial charge in [-0.25, -0.2) is 0 Å². The highest BCUT2D eigenvalue weighted by Gasteiger charge is 2.13. The van der Waals surface area contributed by atoms with E-state index in [1.165, 1.54) is 0 Å². The average Bonchev–Trinajstić information content (AvgIpc) is 2.37. The number of rotatable bonds is 3. The Hall–Kier alpha value is -1.94. The van der Waals surface area contributed by atoms with Crippen LogP contribution in [0, 0.1) is 0 Å². The van der Waals surface area contributed by atoms with Gasteiger partial charge in [0.15, 0.2) is 0 Å². The molecule has 2 rings (SSSR count). The minimum Gasteiger partial charge on any atom is -0.394 e. The van der Waals surface area contributed by atoms with Gasteiger partial charge in [-0.3, -0.25) is 9.78 Å². The summed E-state index contributed by atoms with van der Waals surface area (Å²) in [4.78, 5) is 16.0. The van der Waals surface area contributed by atoms with Crippen LogP contribution in [0.4, 0.5) is 0 Å².